The van der Waals surface area contributed by atoms with Crippen LogP contribution in [0.1, 0.15) is 12.5 Å². The summed E-state index contributed by atoms with van der Waals surface area (Å²) in [7, 11) is 0. The Hall–Kier alpha value is -2.69. The van der Waals surface area contributed by atoms with Crippen molar-refractivity contribution in [2.75, 3.05) is 13.2 Å². The summed E-state index contributed by atoms with van der Waals surface area (Å²) in [5, 5.41) is 2.85. The zero-order valence-corrected chi connectivity index (χ0v) is 13.8. The van der Waals surface area contributed by atoms with Gasteiger partial charge in [0.25, 0.3) is 5.91 Å². The van der Waals surface area contributed by atoms with E-state index in [2.05, 4.69) is 5.32 Å². The Balaban J connectivity index is 1.50. The van der Waals surface area contributed by atoms with Gasteiger partial charge in [-0.05, 0) is 37.6 Å². The van der Waals surface area contributed by atoms with Crippen molar-refractivity contribution in [2.24, 2.45) is 0 Å². The monoisotopic (exact) mass is 327 g/mol. The van der Waals surface area contributed by atoms with Crippen LogP contribution in [0.15, 0.2) is 48.5 Å². The van der Waals surface area contributed by atoms with Crippen molar-refractivity contribution in [3.63, 3.8) is 0 Å². The number of para-hydroxylation sites is 3. The molecule has 5 nitrogen and oxygen atoms in total. The first-order valence-electron chi connectivity index (χ1n) is 8.02. The van der Waals surface area contributed by atoms with Gasteiger partial charge >= 0.3 is 0 Å². The zero-order valence-electron chi connectivity index (χ0n) is 13.8. The quantitative estimate of drug-likeness (QED) is 0.917. The van der Waals surface area contributed by atoms with Gasteiger partial charge in [-0.2, -0.15) is 0 Å². The maximum Gasteiger partial charge on any atom is 0.260 e. The Kier molecular flexibility index (Phi) is 4.89. The van der Waals surface area contributed by atoms with Gasteiger partial charge in [-0.1, -0.05) is 30.3 Å². The third kappa shape index (κ3) is 3.79. The van der Waals surface area contributed by atoms with Gasteiger partial charge in [-0.15, -0.1) is 0 Å². The first-order chi connectivity index (χ1) is 11.6. The Morgan fingerprint density at radius 2 is 1.92 bits per heavy atom. The number of amides is 1. The van der Waals surface area contributed by atoms with Crippen LogP contribution in [0.4, 0.5) is 0 Å². The molecular formula is C19H21NO4. The molecule has 0 bridgehead atoms. The third-order valence-electron chi connectivity index (χ3n) is 3.84. The zero-order chi connectivity index (χ0) is 16.9. The highest BCUT2D eigenvalue weighted by Crippen LogP contribution is 2.30. The lowest BCUT2D eigenvalue weighted by molar-refractivity contribution is -0.127. The molecule has 1 amide bonds. The topological polar surface area (TPSA) is 56.8 Å². The van der Waals surface area contributed by atoms with E-state index in [0.29, 0.717) is 24.7 Å². The lowest BCUT2D eigenvalue weighted by Gasteiger charge is -2.27. The van der Waals surface area contributed by atoms with E-state index < -0.39 is 6.10 Å². The second-order valence-electron chi connectivity index (χ2n) is 5.77. The minimum atomic E-state index is -0.581. The summed E-state index contributed by atoms with van der Waals surface area (Å²) >= 11 is 0. The average Bonchev–Trinajstić information content (AvgIpc) is 2.61. The molecule has 0 spiro atoms. The minimum Gasteiger partial charge on any atom is -0.486 e. The fourth-order valence-electron chi connectivity index (χ4n) is 2.45. The molecule has 0 aromatic heterocycles. The van der Waals surface area contributed by atoms with Gasteiger partial charge in [0.1, 0.15) is 18.5 Å². The van der Waals surface area contributed by atoms with Crippen LogP contribution in [0, 0.1) is 6.92 Å². The lowest BCUT2D eigenvalue weighted by Crippen LogP contribution is -2.44. The Morgan fingerprint density at radius 1 is 1.21 bits per heavy atom. The molecule has 126 valence electrons. The first kappa shape index (κ1) is 16.2. The number of ether oxygens (including phenoxy) is 3. The van der Waals surface area contributed by atoms with Crippen LogP contribution >= 0.6 is 0 Å². The standard InChI is InChI=1S/C19H21NO4/c1-13-7-3-4-8-16(13)23-14(2)19(21)20-11-15-12-22-17-9-5-6-10-18(17)24-15/h3-10,14-15H,11-12H2,1-2H3,(H,20,21)/t14-,15+/m1/s1. The van der Waals surface area contributed by atoms with Crippen molar-refractivity contribution in [2.45, 2.75) is 26.1 Å². The molecule has 1 N–H and O–H groups in total. The van der Waals surface area contributed by atoms with E-state index in [1.807, 2.05) is 55.5 Å². The van der Waals surface area contributed by atoms with Gasteiger partial charge < -0.3 is 19.5 Å². The fourth-order valence-corrected chi connectivity index (χ4v) is 2.45. The summed E-state index contributed by atoms with van der Waals surface area (Å²) in [6.07, 6.45) is -0.794. The van der Waals surface area contributed by atoms with Gasteiger partial charge in [0.15, 0.2) is 17.6 Å². The Bertz CT molecular complexity index is 716. The second-order valence-corrected chi connectivity index (χ2v) is 5.77. The van der Waals surface area contributed by atoms with Crippen LogP contribution in [-0.4, -0.2) is 31.3 Å². The summed E-state index contributed by atoms with van der Waals surface area (Å²) < 4.78 is 17.2. The molecule has 0 radical (unpaired) electrons. The Morgan fingerprint density at radius 3 is 2.71 bits per heavy atom. The largest absolute Gasteiger partial charge is 0.486 e. The van der Waals surface area contributed by atoms with Gasteiger partial charge in [-0.25, -0.2) is 0 Å². The maximum absolute atomic E-state index is 12.2. The molecule has 1 aliphatic heterocycles. The van der Waals surface area contributed by atoms with Crippen LogP contribution < -0.4 is 19.5 Å². The van der Waals surface area contributed by atoms with E-state index >= 15 is 0 Å². The van der Waals surface area contributed by atoms with Crippen molar-refractivity contribution in [3.05, 3.63) is 54.1 Å². The van der Waals surface area contributed by atoms with Crippen molar-refractivity contribution in [3.8, 4) is 17.2 Å². The van der Waals surface area contributed by atoms with E-state index in [4.69, 9.17) is 14.2 Å². The minimum absolute atomic E-state index is 0.180. The number of hydrogen-bond donors (Lipinski definition) is 1. The number of rotatable bonds is 5. The van der Waals surface area contributed by atoms with Crippen molar-refractivity contribution in [1.29, 1.82) is 0 Å². The number of aryl methyl sites for hydroxylation is 1. The molecule has 0 unspecified atom stereocenters. The molecule has 3 rings (SSSR count). The fraction of sp³-hybridized carbons (Fsp3) is 0.316. The number of fused-ring (bicyclic) bond motifs is 1. The number of carbonyl (C=O) groups excluding carboxylic acids is 1. The van der Waals surface area contributed by atoms with Crippen LogP contribution in [-0.2, 0) is 4.79 Å². The van der Waals surface area contributed by atoms with Crippen molar-refractivity contribution < 1.29 is 19.0 Å². The summed E-state index contributed by atoms with van der Waals surface area (Å²) in [6.45, 7) is 4.46. The average molecular weight is 327 g/mol. The summed E-state index contributed by atoms with van der Waals surface area (Å²) in [5.41, 5.74) is 0.998. The van der Waals surface area contributed by atoms with E-state index in [1.54, 1.807) is 6.92 Å². The molecule has 0 saturated heterocycles. The lowest BCUT2D eigenvalue weighted by atomic mass is 10.2. The van der Waals surface area contributed by atoms with Crippen LogP contribution in [0.3, 0.4) is 0 Å². The molecule has 0 saturated carbocycles. The molecular weight excluding hydrogens is 306 g/mol. The molecule has 2 aromatic carbocycles. The van der Waals surface area contributed by atoms with Crippen molar-refractivity contribution >= 4 is 5.91 Å². The normalized spacial score (nSPS) is 17.0. The molecule has 5 heteroatoms. The molecule has 2 atom stereocenters. The summed E-state index contributed by atoms with van der Waals surface area (Å²) in [6, 6.07) is 15.1. The molecule has 0 aliphatic carbocycles. The highest BCUT2D eigenvalue weighted by Gasteiger charge is 2.22. The van der Waals surface area contributed by atoms with Gasteiger partial charge in [0.2, 0.25) is 0 Å². The summed E-state index contributed by atoms with van der Waals surface area (Å²) in [5.74, 6) is 1.97. The van der Waals surface area contributed by atoms with Gasteiger partial charge in [-0.3, -0.25) is 4.79 Å². The number of nitrogens with one attached hydrogen (secondary N) is 1. The van der Waals surface area contributed by atoms with Crippen LogP contribution in [0.25, 0.3) is 0 Å². The van der Waals surface area contributed by atoms with Crippen LogP contribution in [0.2, 0.25) is 0 Å². The first-order valence-corrected chi connectivity index (χ1v) is 8.02. The third-order valence-corrected chi connectivity index (χ3v) is 3.84. The molecule has 24 heavy (non-hydrogen) atoms. The smallest absolute Gasteiger partial charge is 0.260 e. The van der Waals surface area contributed by atoms with Crippen LogP contribution in [0.5, 0.6) is 17.2 Å². The molecule has 0 fully saturated rings. The molecule has 2 aromatic rings. The Labute approximate surface area is 141 Å². The SMILES string of the molecule is Cc1ccccc1O[C@H](C)C(=O)NC[C@H]1COc2ccccc2O1. The maximum atomic E-state index is 12.2. The predicted molar refractivity (Wildman–Crippen MR) is 90.6 cm³/mol. The van der Waals surface area contributed by atoms with Crippen molar-refractivity contribution in [1.82, 2.24) is 5.32 Å². The number of carbonyl (C=O) groups is 1. The van der Waals surface area contributed by atoms with E-state index in [9.17, 15) is 4.79 Å². The van der Waals surface area contributed by atoms with E-state index in [1.165, 1.54) is 0 Å². The highest BCUT2D eigenvalue weighted by molar-refractivity contribution is 5.80. The van der Waals surface area contributed by atoms with E-state index in [-0.39, 0.29) is 12.0 Å². The van der Waals surface area contributed by atoms with E-state index in [0.717, 1.165) is 11.3 Å². The van der Waals surface area contributed by atoms with Gasteiger partial charge in [0, 0.05) is 0 Å². The predicted octanol–water partition coefficient (Wildman–Crippen LogP) is 2.72. The molecule has 1 aliphatic rings. The van der Waals surface area contributed by atoms with Gasteiger partial charge in [0.05, 0.1) is 6.54 Å². The highest BCUT2D eigenvalue weighted by atomic mass is 16.6. The molecule has 1 heterocycles. The summed E-state index contributed by atoms with van der Waals surface area (Å²) in [4.78, 5) is 12.2. The number of benzene rings is 2. The number of hydrogen-bond acceptors (Lipinski definition) is 4. The second kappa shape index (κ2) is 7.25.